The number of pyridine rings is 1. The number of hydrogen-bond donors (Lipinski definition) is 0. The third-order valence-corrected chi connectivity index (χ3v) is 6.11. The van der Waals surface area contributed by atoms with Crippen LogP contribution in [0.3, 0.4) is 0 Å². The summed E-state index contributed by atoms with van der Waals surface area (Å²) >= 11 is 0. The predicted molar refractivity (Wildman–Crippen MR) is 123 cm³/mol. The topological polar surface area (TPSA) is 28.5 Å². The van der Waals surface area contributed by atoms with Gasteiger partial charge in [0.25, 0.3) is 0 Å². The lowest BCUT2D eigenvalue weighted by atomic mass is 9.87. The Labute approximate surface area is 176 Å². The minimum atomic E-state index is 0.160. The Morgan fingerprint density at radius 2 is 1.47 bits per heavy atom. The van der Waals surface area contributed by atoms with E-state index >= 15 is 0 Å². The maximum atomic E-state index is 5.11. The van der Waals surface area contributed by atoms with E-state index in [1.165, 1.54) is 27.6 Å². The van der Waals surface area contributed by atoms with Crippen molar-refractivity contribution in [3.63, 3.8) is 0 Å². The normalized spacial score (nSPS) is 17.4. The van der Waals surface area contributed by atoms with Gasteiger partial charge in [-0.3, -0.25) is 9.99 Å². The van der Waals surface area contributed by atoms with Gasteiger partial charge in [0, 0.05) is 23.1 Å². The minimum absolute atomic E-state index is 0.160. The second kappa shape index (κ2) is 6.67. The van der Waals surface area contributed by atoms with Crippen LogP contribution < -0.4 is 0 Å². The molecule has 0 N–H and O–H groups in total. The Morgan fingerprint density at radius 1 is 0.800 bits per heavy atom. The molecular formula is C27H21N3. The number of hydrazone groups is 1. The van der Waals surface area contributed by atoms with Crippen LogP contribution in [0.25, 0.3) is 22.7 Å². The number of benzene rings is 3. The van der Waals surface area contributed by atoms with Crippen LogP contribution in [0, 0.1) is 6.92 Å². The lowest BCUT2D eigenvalue weighted by Gasteiger charge is -2.33. The van der Waals surface area contributed by atoms with Crippen LogP contribution in [0.1, 0.15) is 40.4 Å². The molecule has 0 saturated heterocycles. The first-order valence-corrected chi connectivity index (χ1v) is 10.4. The highest BCUT2D eigenvalue weighted by Crippen LogP contribution is 2.47. The fourth-order valence-electron chi connectivity index (χ4n) is 4.75. The Kier molecular flexibility index (Phi) is 3.81. The fourth-order valence-corrected chi connectivity index (χ4v) is 4.75. The van der Waals surface area contributed by atoms with E-state index in [2.05, 4.69) is 103 Å². The minimum Gasteiger partial charge on any atom is -0.257 e. The SMILES string of the molecule is Cc1nc2ccccc2c2c1C1CC(c3ccccc3)=NN1C(c1ccccc1)=C2. The summed E-state index contributed by atoms with van der Waals surface area (Å²) in [7, 11) is 0. The molecule has 0 amide bonds. The molecule has 0 aliphatic carbocycles. The Balaban J connectivity index is 1.61. The van der Waals surface area contributed by atoms with Crippen LogP contribution >= 0.6 is 0 Å². The number of aryl methyl sites for hydroxylation is 1. The van der Waals surface area contributed by atoms with Crippen LogP contribution in [-0.4, -0.2) is 15.7 Å². The summed E-state index contributed by atoms with van der Waals surface area (Å²) in [5, 5.41) is 8.53. The lowest BCUT2D eigenvalue weighted by molar-refractivity contribution is 0.345. The van der Waals surface area contributed by atoms with Crippen molar-refractivity contribution in [3.8, 4) is 0 Å². The van der Waals surface area contributed by atoms with Crippen molar-refractivity contribution in [2.75, 3.05) is 0 Å². The second-order valence-electron chi connectivity index (χ2n) is 7.91. The van der Waals surface area contributed by atoms with E-state index in [1.54, 1.807) is 0 Å². The van der Waals surface area contributed by atoms with E-state index in [4.69, 9.17) is 10.1 Å². The molecule has 2 aliphatic heterocycles. The van der Waals surface area contributed by atoms with Crippen molar-refractivity contribution >= 4 is 28.4 Å². The fraction of sp³-hybridized carbons (Fsp3) is 0.111. The molecule has 4 aromatic rings. The van der Waals surface area contributed by atoms with Gasteiger partial charge >= 0.3 is 0 Å². The standard InChI is InChI=1S/C27H21N3/c1-18-27-22(21-14-8-9-15-23(21)28-18)16-25(20-12-6-3-7-13-20)30-26(27)17-24(29-30)19-10-4-2-5-11-19/h2-16,26H,17H2,1H3. The summed E-state index contributed by atoms with van der Waals surface area (Å²) in [5.74, 6) is 0. The lowest BCUT2D eigenvalue weighted by Crippen LogP contribution is -2.24. The molecule has 0 bridgehead atoms. The molecule has 3 heterocycles. The number of hydrogen-bond acceptors (Lipinski definition) is 3. The van der Waals surface area contributed by atoms with Crippen molar-refractivity contribution in [2.24, 2.45) is 5.10 Å². The van der Waals surface area contributed by atoms with Crippen molar-refractivity contribution in [2.45, 2.75) is 19.4 Å². The van der Waals surface area contributed by atoms with E-state index in [9.17, 15) is 0 Å². The number of fused-ring (bicyclic) bond motifs is 5. The molecule has 1 atom stereocenters. The number of aromatic nitrogens is 1. The van der Waals surface area contributed by atoms with Gasteiger partial charge in [0.05, 0.1) is 23.0 Å². The molecule has 0 saturated carbocycles. The number of nitrogens with zero attached hydrogens (tertiary/aromatic N) is 3. The second-order valence-corrected chi connectivity index (χ2v) is 7.91. The zero-order valence-electron chi connectivity index (χ0n) is 16.8. The van der Waals surface area contributed by atoms with Crippen LogP contribution in [0.5, 0.6) is 0 Å². The highest BCUT2D eigenvalue weighted by Gasteiger charge is 2.37. The third kappa shape index (κ3) is 2.59. The molecule has 0 fully saturated rings. The monoisotopic (exact) mass is 387 g/mol. The summed E-state index contributed by atoms with van der Waals surface area (Å²) in [6.07, 6.45) is 3.18. The number of rotatable bonds is 2. The van der Waals surface area contributed by atoms with Gasteiger partial charge in [-0.25, -0.2) is 0 Å². The summed E-state index contributed by atoms with van der Waals surface area (Å²) in [5.41, 5.74) is 9.36. The van der Waals surface area contributed by atoms with E-state index in [0.717, 1.165) is 29.0 Å². The first kappa shape index (κ1) is 17.2. The van der Waals surface area contributed by atoms with Gasteiger partial charge in [-0.1, -0.05) is 78.9 Å². The highest BCUT2D eigenvalue weighted by molar-refractivity contribution is 6.04. The first-order chi connectivity index (χ1) is 14.8. The molecule has 144 valence electrons. The van der Waals surface area contributed by atoms with Gasteiger partial charge in [0.1, 0.15) is 0 Å². The van der Waals surface area contributed by atoms with Gasteiger partial charge in [-0.05, 0) is 35.8 Å². The predicted octanol–water partition coefficient (Wildman–Crippen LogP) is 6.21. The number of para-hydroxylation sites is 1. The zero-order valence-corrected chi connectivity index (χ0v) is 16.8. The largest absolute Gasteiger partial charge is 0.257 e. The summed E-state index contributed by atoms with van der Waals surface area (Å²) in [6, 6.07) is 29.7. The van der Waals surface area contributed by atoms with Gasteiger partial charge in [-0.2, -0.15) is 5.10 Å². The zero-order chi connectivity index (χ0) is 20.1. The van der Waals surface area contributed by atoms with Crippen LogP contribution in [0.15, 0.2) is 90.0 Å². The third-order valence-electron chi connectivity index (χ3n) is 6.11. The molecule has 0 radical (unpaired) electrons. The molecule has 3 aromatic carbocycles. The van der Waals surface area contributed by atoms with E-state index in [1.807, 2.05) is 0 Å². The molecular weight excluding hydrogens is 366 g/mol. The van der Waals surface area contributed by atoms with Crippen molar-refractivity contribution in [1.29, 1.82) is 0 Å². The maximum Gasteiger partial charge on any atom is 0.0855 e. The molecule has 3 heteroatoms. The molecule has 30 heavy (non-hydrogen) atoms. The molecule has 2 aliphatic rings. The van der Waals surface area contributed by atoms with Crippen LogP contribution in [0.4, 0.5) is 0 Å². The molecule has 0 spiro atoms. The first-order valence-electron chi connectivity index (χ1n) is 10.4. The van der Waals surface area contributed by atoms with E-state index in [-0.39, 0.29) is 6.04 Å². The van der Waals surface area contributed by atoms with Crippen LogP contribution in [0.2, 0.25) is 0 Å². The summed E-state index contributed by atoms with van der Waals surface area (Å²) in [4.78, 5) is 4.94. The van der Waals surface area contributed by atoms with E-state index in [0.29, 0.717) is 0 Å². The van der Waals surface area contributed by atoms with Crippen LogP contribution in [-0.2, 0) is 0 Å². The Morgan fingerprint density at radius 3 is 2.23 bits per heavy atom. The average Bonchev–Trinajstić information content (AvgIpc) is 3.25. The Hall–Kier alpha value is -3.72. The van der Waals surface area contributed by atoms with Crippen molar-refractivity contribution < 1.29 is 0 Å². The Bertz CT molecular complexity index is 1320. The van der Waals surface area contributed by atoms with Gasteiger partial charge in [0.2, 0.25) is 0 Å². The molecule has 3 nitrogen and oxygen atoms in total. The molecule has 6 rings (SSSR count). The summed E-state index contributed by atoms with van der Waals surface area (Å²) < 4.78 is 0. The van der Waals surface area contributed by atoms with Crippen molar-refractivity contribution in [1.82, 2.24) is 9.99 Å². The van der Waals surface area contributed by atoms with Gasteiger partial charge in [0.15, 0.2) is 0 Å². The molecule has 1 aromatic heterocycles. The van der Waals surface area contributed by atoms with Gasteiger partial charge in [-0.15, -0.1) is 0 Å². The quantitative estimate of drug-likeness (QED) is 0.409. The van der Waals surface area contributed by atoms with Crippen molar-refractivity contribution in [3.05, 3.63) is 113 Å². The smallest absolute Gasteiger partial charge is 0.0855 e. The van der Waals surface area contributed by atoms with E-state index < -0.39 is 0 Å². The summed E-state index contributed by atoms with van der Waals surface area (Å²) in [6.45, 7) is 2.13. The maximum absolute atomic E-state index is 5.11. The highest BCUT2D eigenvalue weighted by atomic mass is 15.5. The average molecular weight is 387 g/mol. The van der Waals surface area contributed by atoms with Gasteiger partial charge < -0.3 is 0 Å². The molecule has 1 unspecified atom stereocenters.